The lowest BCUT2D eigenvalue weighted by Gasteiger charge is -2.37. The summed E-state index contributed by atoms with van der Waals surface area (Å²) >= 11 is 0. The third-order valence-electron chi connectivity index (χ3n) is 6.67. The number of likely N-dealkylation sites (tertiary alicyclic amines) is 1. The van der Waals surface area contributed by atoms with Crippen LogP contribution in [0.5, 0.6) is 0 Å². The molecule has 32 heavy (non-hydrogen) atoms. The van der Waals surface area contributed by atoms with Gasteiger partial charge < -0.3 is 9.88 Å². The van der Waals surface area contributed by atoms with Crippen LogP contribution in [0.2, 0.25) is 0 Å². The zero-order valence-corrected chi connectivity index (χ0v) is 18.7. The van der Waals surface area contributed by atoms with Crippen molar-refractivity contribution in [3.05, 3.63) is 77.6 Å². The van der Waals surface area contributed by atoms with E-state index in [1.54, 1.807) is 0 Å². The molecule has 2 aliphatic heterocycles. The van der Waals surface area contributed by atoms with Crippen molar-refractivity contribution < 1.29 is 9.59 Å². The lowest BCUT2D eigenvalue weighted by molar-refractivity contribution is -0.137. The van der Waals surface area contributed by atoms with Crippen LogP contribution in [-0.2, 0) is 16.0 Å². The number of nitrogens with zero attached hydrogens (tertiary/aromatic N) is 2. The number of aromatic nitrogens is 1. The molecule has 0 saturated carbocycles. The first-order chi connectivity index (χ1) is 15.5. The van der Waals surface area contributed by atoms with Crippen LogP contribution in [-0.4, -0.2) is 46.2 Å². The summed E-state index contributed by atoms with van der Waals surface area (Å²) in [5.41, 5.74) is 4.15. The maximum Gasteiger partial charge on any atom is 0.277 e. The first-order valence-electron chi connectivity index (χ1n) is 11.5. The number of rotatable bonds is 5. The van der Waals surface area contributed by atoms with Crippen LogP contribution in [0.25, 0.3) is 16.5 Å². The van der Waals surface area contributed by atoms with Crippen molar-refractivity contribution in [2.45, 2.75) is 26.7 Å². The van der Waals surface area contributed by atoms with E-state index in [0.717, 1.165) is 41.5 Å². The molecular weight excluding hydrogens is 398 g/mol. The summed E-state index contributed by atoms with van der Waals surface area (Å²) in [7, 11) is 0. The zero-order valence-electron chi connectivity index (χ0n) is 18.7. The van der Waals surface area contributed by atoms with Gasteiger partial charge in [-0.25, -0.2) is 0 Å². The van der Waals surface area contributed by atoms with Gasteiger partial charge in [0.05, 0.1) is 5.57 Å². The van der Waals surface area contributed by atoms with Crippen molar-refractivity contribution in [1.29, 1.82) is 0 Å². The van der Waals surface area contributed by atoms with Gasteiger partial charge in [-0.05, 0) is 41.9 Å². The van der Waals surface area contributed by atoms with E-state index >= 15 is 0 Å². The second-order valence-electron chi connectivity index (χ2n) is 9.31. The number of para-hydroxylation sites is 1. The molecule has 2 aliphatic rings. The van der Waals surface area contributed by atoms with Gasteiger partial charge in [0.2, 0.25) is 0 Å². The Bertz CT molecular complexity index is 1180. The van der Waals surface area contributed by atoms with Crippen LogP contribution < -0.4 is 0 Å². The lowest BCUT2D eigenvalue weighted by Crippen LogP contribution is -2.42. The SMILES string of the molecule is CC1CC(C)CN(C2=C(c3ccccc3)C(=O)N(CCc3c[nH]c4ccccc34)C2=O)C1. The molecule has 0 aliphatic carbocycles. The third-order valence-corrected chi connectivity index (χ3v) is 6.67. The Labute approximate surface area is 188 Å². The first-order valence-corrected chi connectivity index (χ1v) is 11.5. The number of aromatic amines is 1. The Kier molecular flexibility index (Phi) is 5.33. The number of benzene rings is 2. The normalized spacial score (nSPS) is 21.8. The van der Waals surface area contributed by atoms with Gasteiger partial charge >= 0.3 is 0 Å². The Morgan fingerprint density at radius 2 is 1.59 bits per heavy atom. The molecule has 5 heteroatoms. The summed E-state index contributed by atoms with van der Waals surface area (Å²) in [4.78, 5) is 34.1. The molecule has 1 fully saturated rings. The fraction of sp³-hybridized carbons (Fsp3) is 0.333. The molecule has 164 valence electrons. The fourth-order valence-electron chi connectivity index (χ4n) is 5.34. The number of amides is 2. The fourth-order valence-corrected chi connectivity index (χ4v) is 5.34. The largest absolute Gasteiger partial charge is 0.366 e. The summed E-state index contributed by atoms with van der Waals surface area (Å²) in [6.07, 6.45) is 3.76. The molecule has 0 radical (unpaired) electrons. The zero-order chi connectivity index (χ0) is 22.2. The van der Waals surface area contributed by atoms with E-state index in [0.29, 0.717) is 36.1 Å². The highest BCUT2D eigenvalue weighted by Gasteiger charge is 2.42. The van der Waals surface area contributed by atoms with Crippen LogP contribution >= 0.6 is 0 Å². The average molecular weight is 428 g/mol. The number of nitrogens with one attached hydrogen (secondary N) is 1. The summed E-state index contributed by atoms with van der Waals surface area (Å²) in [6, 6.07) is 17.8. The van der Waals surface area contributed by atoms with E-state index in [4.69, 9.17) is 0 Å². The molecule has 1 saturated heterocycles. The number of fused-ring (bicyclic) bond motifs is 1. The molecule has 1 aromatic heterocycles. The number of carbonyl (C=O) groups excluding carboxylic acids is 2. The van der Waals surface area contributed by atoms with Gasteiger partial charge in [0.1, 0.15) is 5.70 Å². The Hall–Kier alpha value is -3.34. The highest BCUT2D eigenvalue weighted by atomic mass is 16.2. The van der Waals surface area contributed by atoms with Gasteiger partial charge in [-0.15, -0.1) is 0 Å². The van der Waals surface area contributed by atoms with Gasteiger partial charge in [0.25, 0.3) is 11.8 Å². The van der Waals surface area contributed by atoms with Crippen molar-refractivity contribution in [1.82, 2.24) is 14.8 Å². The molecule has 3 aromatic rings. The van der Waals surface area contributed by atoms with E-state index in [1.807, 2.05) is 54.7 Å². The minimum absolute atomic E-state index is 0.157. The third kappa shape index (κ3) is 3.62. The maximum atomic E-state index is 13.6. The molecule has 2 amide bonds. The topological polar surface area (TPSA) is 56.4 Å². The Morgan fingerprint density at radius 3 is 2.34 bits per heavy atom. The van der Waals surface area contributed by atoms with E-state index in [9.17, 15) is 9.59 Å². The van der Waals surface area contributed by atoms with Crippen LogP contribution in [0.4, 0.5) is 0 Å². The number of imide groups is 1. The Balaban J connectivity index is 1.46. The van der Waals surface area contributed by atoms with E-state index in [1.165, 1.54) is 4.90 Å². The van der Waals surface area contributed by atoms with Crippen LogP contribution in [0.15, 0.2) is 66.5 Å². The number of H-pyrrole nitrogens is 1. The van der Waals surface area contributed by atoms with E-state index in [2.05, 4.69) is 29.8 Å². The standard InChI is InChI=1S/C27H29N3O2/c1-18-14-19(2)17-29(16-18)25-24(20-8-4-3-5-9-20)26(31)30(27(25)32)13-12-21-15-28-23-11-7-6-10-22(21)23/h3-11,15,18-19,28H,12-14,16-17H2,1-2H3. The van der Waals surface area contributed by atoms with E-state index in [-0.39, 0.29) is 11.8 Å². The van der Waals surface area contributed by atoms with E-state index < -0.39 is 0 Å². The molecule has 2 unspecified atom stereocenters. The highest BCUT2D eigenvalue weighted by molar-refractivity contribution is 6.35. The number of hydrogen-bond acceptors (Lipinski definition) is 3. The van der Waals surface area contributed by atoms with Crippen LogP contribution in [0, 0.1) is 11.8 Å². The average Bonchev–Trinajstić information content (AvgIpc) is 3.30. The lowest BCUT2D eigenvalue weighted by atomic mass is 9.91. The molecule has 5 nitrogen and oxygen atoms in total. The highest BCUT2D eigenvalue weighted by Crippen LogP contribution is 2.35. The van der Waals surface area contributed by atoms with Gasteiger partial charge in [0.15, 0.2) is 0 Å². The van der Waals surface area contributed by atoms with Crippen LogP contribution in [0.3, 0.4) is 0 Å². The summed E-state index contributed by atoms with van der Waals surface area (Å²) < 4.78 is 0. The van der Waals surface area contributed by atoms with Gasteiger partial charge in [-0.1, -0.05) is 62.4 Å². The molecule has 2 atom stereocenters. The first kappa shape index (κ1) is 20.6. The van der Waals surface area contributed by atoms with Gasteiger partial charge in [-0.2, -0.15) is 0 Å². The molecule has 0 spiro atoms. The monoisotopic (exact) mass is 427 g/mol. The summed E-state index contributed by atoms with van der Waals surface area (Å²) in [5.74, 6) is 0.648. The number of carbonyl (C=O) groups is 2. The van der Waals surface area contributed by atoms with Crippen molar-refractivity contribution in [3.8, 4) is 0 Å². The second-order valence-corrected chi connectivity index (χ2v) is 9.31. The molecule has 5 rings (SSSR count). The molecule has 0 bridgehead atoms. The van der Waals surface area contributed by atoms with Gasteiger partial charge in [0, 0.05) is 36.7 Å². The van der Waals surface area contributed by atoms with Gasteiger partial charge in [-0.3, -0.25) is 14.5 Å². The predicted octanol–water partition coefficient (Wildman–Crippen LogP) is 4.47. The smallest absolute Gasteiger partial charge is 0.277 e. The maximum absolute atomic E-state index is 13.6. The quantitative estimate of drug-likeness (QED) is 0.612. The molecular formula is C27H29N3O2. The molecule has 2 aromatic carbocycles. The van der Waals surface area contributed by atoms with Crippen molar-refractivity contribution in [2.75, 3.05) is 19.6 Å². The van der Waals surface area contributed by atoms with Crippen molar-refractivity contribution in [2.24, 2.45) is 11.8 Å². The minimum atomic E-state index is -0.179. The summed E-state index contributed by atoms with van der Waals surface area (Å²) in [5, 5.41) is 1.14. The molecule has 3 heterocycles. The van der Waals surface area contributed by atoms with Crippen LogP contribution in [0.1, 0.15) is 31.4 Å². The number of piperidine rings is 1. The summed E-state index contributed by atoms with van der Waals surface area (Å²) in [6.45, 7) is 6.44. The number of hydrogen-bond donors (Lipinski definition) is 1. The van der Waals surface area contributed by atoms with Crippen molar-refractivity contribution in [3.63, 3.8) is 0 Å². The van der Waals surface area contributed by atoms with Crippen molar-refractivity contribution >= 4 is 28.3 Å². The molecule has 1 N–H and O–H groups in total. The minimum Gasteiger partial charge on any atom is -0.366 e. The predicted molar refractivity (Wildman–Crippen MR) is 127 cm³/mol. The second kappa shape index (κ2) is 8.30. The Morgan fingerprint density at radius 1 is 0.906 bits per heavy atom.